The van der Waals surface area contributed by atoms with Gasteiger partial charge in [-0.3, -0.25) is 9.59 Å². The van der Waals surface area contributed by atoms with Crippen molar-refractivity contribution in [3.63, 3.8) is 0 Å². The normalized spacial score (nSPS) is 11.0. The molecule has 8 nitrogen and oxygen atoms in total. The molecule has 5 aromatic rings. The third kappa shape index (κ3) is 5.72. The number of aromatic nitrogens is 3. The quantitative estimate of drug-likeness (QED) is 0.249. The Hall–Kier alpha value is -4.56. The van der Waals surface area contributed by atoms with Crippen LogP contribution in [0.3, 0.4) is 0 Å². The molecule has 0 aliphatic carbocycles. The van der Waals surface area contributed by atoms with E-state index in [1.165, 1.54) is 6.20 Å². The number of carbonyl (C=O) groups is 2. The minimum absolute atomic E-state index is 0.232. The largest absolute Gasteiger partial charge is 0.361 e. The van der Waals surface area contributed by atoms with E-state index in [0.717, 1.165) is 39.0 Å². The van der Waals surface area contributed by atoms with Crippen molar-refractivity contribution in [3.8, 4) is 11.3 Å². The van der Waals surface area contributed by atoms with Crippen molar-refractivity contribution in [2.24, 2.45) is 0 Å². The average Bonchev–Trinajstić information content (AvgIpc) is 3.36. The molecule has 2 aromatic carbocycles. The maximum Gasteiger partial charge on any atom is 0.272 e. The Morgan fingerprint density at radius 2 is 1.82 bits per heavy atom. The van der Waals surface area contributed by atoms with Gasteiger partial charge in [-0.15, -0.1) is 0 Å². The Bertz CT molecular complexity index is 1730. The van der Waals surface area contributed by atoms with Crippen LogP contribution in [0.1, 0.15) is 43.4 Å². The zero-order chi connectivity index (χ0) is 28.4. The SMILES string of the molecule is Cc1cc(C)c2nc(-c3ccccc3Cl)cc(C(=O)Nc3ccc(C(=O)N(C)CCc4cc(C)no4)nc3)c2c1. The zero-order valence-electron chi connectivity index (χ0n) is 22.7. The fraction of sp³-hybridized carbons (Fsp3) is 0.194. The van der Waals surface area contributed by atoms with E-state index in [-0.39, 0.29) is 17.5 Å². The lowest BCUT2D eigenvalue weighted by molar-refractivity contribution is 0.0788. The summed E-state index contributed by atoms with van der Waals surface area (Å²) < 4.78 is 5.21. The zero-order valence-corrected chi connectivity index (χ0v) is 23.4. The van der Waals surface area contributed by atoms with Crippen molar-refractivity contribution in [2.75, 3.05) is 18.9 Å². The van der Waals surface area contributed by atoms with Gasteiger partial charge < -0.3 is 14.7 Å². The molecule has 202 valence electrons. The average molecular weight is 554 g/mol. The van der Waals surface area contributed by atoms with Gasteiger partial charge in [0, 0.05) is 42.1 Å². The molecule has 0 spiro atoms. The molecule has 0 aliphatic heterocycles. The molecule has 0 saturated carbocycles. The standard InChI is InChI=1S/C31H28ClN5O3/c1-18-13-19(2)29-24(14-18)25(16-28(35-29)23-7-5-6-8-26(23)32)30(38)34-21-9-10-27(33-17-21)31(39)37(4)12-11-22-15-20(3)36-40-22/h5-10,13-17H,11-12H2,1-4H3,(H,34,38). The van der Waals surface area contributed by atoms with Crippen LogP contribution in [-0.2, 0) is 6.42 Å². The topological polar surface area (TPSA) is 101 Å². The second kappa shape index (κ2) is 11.3. The fourth-order valence-electron chi connectivity index (χ4n) is 4.58. The van der Waals surface area contributed by atoms with E-state index >= 15 is 0 Å². The summed E-state index contributed by atoms with van der Waals surface area (Å²) in [6.45, 7) is 6.27. The lowest BCUT2D eigenvalue weighted by atomic mass is 9.99. The molecule has 0 aliphatic rings. The monoisotopic (exact) mass is 553 g/mol. The Morgan fingerprint density at radius 1 is 1.02 bits per heavy atom. The first-order valence-corrected chi connectivity index (χ1v) is 13.2. The van der Waals surface area contributed by atoms with E-state index in [0.29, 0.717) is 34.9 Å². The summed E-state index contributed by atoms with van der Waals surface area (Å²) in [5.74, 6) is 0.172. The first-order chi connectivity index (χ1) is 19.2. The van der Waals surface area contributed by atoms with Gasteiger partial charge in [0.2, 0.25) is 0 Å². The van der Waals surface area contributed by atoms with Gasteiger partial charge in [0.25, 0.3) is 11.8 Å². The molecule has 2 amide bonds. The summed E-state index contributed by atoms with van der Waals surface area (Å²) in [5, 5.41) is 8.08. The second-order valence-corrected chi connectivity index (χ2v) is 10.2. The third-order valence-electron chi connectivity index (χ3n) is 6.60. The van der Waals surface area contributed by atoms with Crippen molar-refractivity contribution < 1.29 is 14.1 Å². The molecule has 1 N–H and O–H groups in total. The van der Waals surface area contributed by atoms with Gasteiger partial charge in [-0.1, -0.05) is 46.6 Å². The van der Waals surface area contributed by atoms with E-state index in [1.54, 1.807) is 36.2 Å². The highest BCUT2D eigenvalue weighted by Crippen LogP contribution is 2.32. The van der Waals surface area contributed by atoms with Crippen molar-refractivity contribution in [1.29, 1.82) is 0 Å². The summed E-state index contributed by atoms with van der Waals surface area (Å²) in [6.07, 6.45) is 2.03. The molecular weight excluding hydrogens is 526 g/mol. The van der Waals surface area contributed by atoms with Gasteiger partial charge >= 0.3 is 0 Å². The Kier molecular flexibility index (Phi) is 7.62. The number of pyridine rings is 2. The van der Waals surface area contributed by atoms with Gasteiger partial charge in [-0.25, -0.2) is 9.97 Å². The molecule has 0 fully saturated rings. The number of aryl methyl sites for hydroxylation is 3. The number of benzene rings is 2. The fourth-order valence-corrected chi connectivity index (χ4v) is 4.81. The molecule has 0 bridgehead atoms. The highest BCUT2D eigenvalue weighted by Gasteiger charge is 2.18. The molecule has 5 rings (SSSR count). The van der Waals surface area contributed by atoms with Gasteiger partial charge in [-0.2, -0.15) is 0 Å². The Morgan fingerprint density at radius 3 is 2.52 bits per heavy atom. The minimum atomic E-state index is -0.314. The highest BCUT2D eigenvalue weighted by molar-refractivity contribution is 6.33. The van der Waals surface area contributed by atoms with Crippen molar-refractivity contribution in [1.82, 2.24) is 20.0 Å². The molecule has 3 heterocycles. The summed E-state index contributed by atoms with van der Waals surface area (Å²) in [4.78, 5) is 37.2. The lowest BCUT2D eigenvalue weighted by Crippen LogP contribution is -2.29. The van der Waals surface area contributed by atoms with Crippen LogP contribution in [0.4, 0.5) is 5.69 Å². The summed E-state index contributed by atoms with van der Waals surface area (Å²) in [6, 6.07) is 18.3. The number of amides is 2. The number of nitrogens with zero attached hydrogens (tertiary/aromatic N) is 4. The number of hydrogen-bond donors (Lipinski definition) is 1. The van der Waals surface area contributed by atoms with Crippen LogP contribution in [0.25, 0.3) is 22.2 Å². The van der Waals surface area contributed by atoms with Crippen molar-refractivity contribution in [2.45, 2.75) is 27.2 Å². The molecule has 0 radical (unpaired) electrons. The van der Waals surface area contributed by atoms with Crippen LogP contribution in [0, 0.1) is 20.8 Å². The smallest absolute Gasteiger partial charge is 0.272 e. The van der Waals surface area contributed by atoms with Gasteiger partial charge in [0.15, 0.2) is 0 Å². The predicted molar refractivity (Wildman–Crippen MR) is 156 cm³/mol. The molecule has 0 saturated heterocycles. The van der Waals surface area contributed by atoms with Gasteiger partial charge in [0.05, 0.1) is 34.4 Å². The lowest BCUT2D eigenvalue weighted by Gasteiger charge is -2.16. The van der Waals surface area contributed by atoms with Gasteiger partial charge in [-0.05, 0) is 56.7 Å². The van der Waals surface area contributed by atoms with Crippen LogP contribution in [0.15, 0.2) is 71.4 Å². The highest BCUT2D eigenvalue weighted by atomic mass is 35.5. The number of carbonyl (C=O) groups excluding carboxylic acids is 2. The number of anilines is 1. The molecule has 3 aromatic heterocycles. The molecular formula is C31H28ClN5O3. The van der Waals surface area contributed by atoms with Crippen LogP contribution in [0.2, 0.25) is 5.02 Å². The number of rotatable bonds is 7. The Labute approximate surface area is 237 Å². The number of hydrogen-bond acceptors (Lipinski definition) is 6. The van der Waals surface area contributed by atoms with Crippen LogP contribution in [0.5, 0.6) is 0 Å². The first kappa shape index (κ1) is 27.0. The van der Waals surface area contributed by atoms with Crippen LogP contribution in [-0.4, -0.2) is 45.4 Å². The van der Waals surface area contributed by atoms with E-state index in [1.807, 2.05) is 57.2 Å². The summed E-state index contributed by atoms with van der Waals surface area (Å²) >= 11 is 6.46. The minimum Gasteiger partial charge on any atom is -0.361 e. The maximum atomic E-state index is 13.6. The van der Waals surface area contributed by atoms with Crippen molar-refractivity contribution in [3.05, 3.63) is 106 Å². The number of fused-ring (bicyclic) bond motifs is 1. The molecule has 9 heteroatoms. The maximum absolute atomic E-state index is 13.6. The summed E-state index contributed by atoms with van der Waals surface area (Å²) in [7, 11) is 1.71. The van der Waals surface area contributed by atoms with E-state index in [2.05, 4.69) is 15.5 Å². The predicted octanol–water partition coefficient (Wildman–Crippen LogP) is 6.43. The number of likely N-dealkylation sites (N-methyl/N-ethyl adjacent to an activating group) is 1. The van der Waals surface area contributed by atoms with Crippen LogP contribution >= 0.6 is 11.6 Å². The van der Waals surface area contributed by atoms with Crippen LogP contribution < -0.4 is 5.32 Å². The summed E-state index contributed by atoms with van der Waals surface area (Å²) in [5.41, 5.74) is 6.08. The van der Waals surface area contributed by atoms with Gasteiger partial charge in [0.1, 0.15) is 11.5 Å². The second-order valence-electron chi connectivity index (χ2n) is 9.81. The third-order valence-corrected chi connectivity index (χ3v) is 6.93. The Balaban J connectivity index is 1.38. The molecule has 0 atom stereocenters. The van der Waals surface area contributed by atoms with Crippen molar-refractivity contribution >= 4 is 40.0 Å². The molecule has 40 heavy (non-hydrogen) atoms. The van der Waals surface area contributed by atoms with E-state index in [9.17, 15) is 9.59 Å². The molecule has 0 unspecified atom stereocenters. The van der Waals surface area contributed by atoms with E-state index in [4.69, 9.17) is 21.1 Å². The number of nitrogens with one attached hydrogen (secondary N) is 1. The first-order valence-electron chi connectivity index (χ1n) is 12.8. The number of halogens is 1. The van der Waals surface area contributed by atoms with E-state index < -0.39 is 0 Å².